The van der Waals surface area contributed by atoms with E-state index in [0.717, 1.165) is 22.0 Å². The summed E-state index contributed by atoms with van der Waals surface area (Å²) in [6, 6.07) is 24.3. The number of phenols is 1. The number of aromatic hydroxyl groups is 1. The van der Waals surface area contributed by atoms with Gasteiger partial charge in [-0.25, -0.2) is 0 Å². The molecule has 116 valence electrons. The number of aryl methyl sites for hydroxylation is 1. The summed E-state index contributed by atoms with van der Waals surface area (Å²) in [6.07, 6.45) is 4.04. The van der Waals surface area contributed by atoms with Crippen molar-refractivity contribution in [3.8, 4) is 5.75 Å². The topological polar surface area (TPSA) is 24.1 Å². The van der Waals surface area contributed by atoms with Gasteiger partial charge in [0.05, 0.1) is 0 Å². The molecule has 1 heterocycles. The summed E-state index contributed by atoms with van der Waals surface area (Å²) in [6.45, 7) is 0. The van der Waals surface area contributed by atoms with Gasteiger partial charge in [0.15, 0.2) is 0 Å². The van der Waals surface area contributed by atoms with Crippen molar-refractivity contribution in [2.75, 3.05) is 0 Å². The molecule has 0 aliphatic heterocycles. The minimum atomic E-state index is 0.299. The summed E-state index contributed by atoms with van der Waals surface area (Å²) >= 11 is 0. The van der Waals surface area contributed by atoms with Crippen molar-refractivity contribution >= 4 is 33.8 Å². The number of hydrogen-bond donors (Lipinski definition) is 1. The molecule has 2 nitrogen and oxygen atoms in total. The van der Waals surface area contributed by atoms with Gasteiger partial charge in [0.25, 0.3) is 0 Å². The van der Waals surface area contributed by atoms with Gasteiger partial charge in [0.1, 0.15) is 12.8 Å². The van der Waals surface area contributed by atoms with E-state index in [-0.39, 0.29) is 0 Å². The lowest BCUT2D eigenvalue weighted by Crippen LogP contribution is -2.32. The first kappa shape index (κ1) is 14.5. The van der Waals surface area contributed by atoms with Crippen LogP contribution in [0.5, 0.6) is 5.75 Å². The van der Waals surface area contributed by atoms with Gasteiger partial charge >= 0.3 is 0 Å². The molecule has 0 amide bonds. The number of pyridine rings is 1. The van der Waals surface area contributed by atoms with Crippen LogP contribution in [0.2, 0.25) is 0 Å². The number of rotatable bonds is 2. The SMILES string of the molecule is C[n+]1c(C=Cc2c(O)ccc3ccccc23)ccc2ccccc21. The lowest BCUT2D eigenvalue weighted by atomic mass is 10.0. The first-order chi connectivity index (χ1) is 11.7. The molecule has 0 unspecified atom stereocenters. The third-order valence-corrected chi connectivity index (χ3v) is 4.49. The molecule has 2 heteroatoms. The number of fused-ring (bicyclic) bond motifs is 2. The second-order valence-electron chi connectivity index (χ2n) is 5.93. The molecule has 0 saturated carbocycles. The highest BCUT2D eigenvalue weighted by molar-refractivity contribution is 5.95. The Morgan fingerprint density at radius 2 is 1.46 bits per heavy atom. The summed E-state index contributed by atoms with van der Waals surface area (Å²) < 4.78 is 2.16. The minimum Gasteiger partial charge on any atom is -0.507 e. The summed E-state index contributed by atoms with van der Waals surface area (Å²) in [5.41, 5.74) is 3.11. The Labute approximate surface area is 140 Å². The fourth-order valence-electron chi connectivity index (χ4n) is 3.16. The van der Waals surface area contributed by atoms with Crippen LogP contribution < -0.4 is 4.57 Å². The maximum absolute atomic E-state index is 10.3. The van der Waals surface area contributed by atoms with Gasteiger partial charge in [-0.2, -0.15) is 4.57 Å². The zero-order chi connectivity index (χ0) is 16.5. The Kier molecular flexibility index (Phi) is 3.51. The van der Waals surface area contributed by atoms with Crippen molar-refractivity contribution in [2.24, 2.45) is 7.05 Å². The fraction of sp³-hybridized carbons (Fsp3) is 0.0455. The zero-order valence-electron chi connectivity index (χ0n) is 13.5. The predicted octanol–water partition coefficient (Wildman–Crippen LogP) is 4.69. The Morgan fingerprint density at radius 3 is 2.33 bits per heavy atom. The molecule has 4 rings (SSSR count). The van der Waals surface area contributed by atoms with Gasteiger partial charge in [-0.1, -0.05) is 42.5 Å². The number of nitrogens with zero attached hydrogens (tertiary/aromatic N) is 1. The van der Waals surface area contributed by atoms with Crippen LogP contribution >= 0.6 is 0 Å². The maximum atomic E-state index is 10.3. The third kappa shape index (κ3) is 2.42. The molecule has 0 saturated heterocycles. The number of phenolic OH excluding ortho intramolecular Hbond substituents is 1. The first-order valence-corrected chi connectivity index (χ1v) is 8.00. The average molecular weight is 312 g/mol. The van der Waals surface area contributed by atoms with E-state index in [2.05, 4.69) is 41.9 Å². The number of para-hydroxylation sites is 1. The van der Waals surface area contributed by atoms with Gasteiger partial charge in [0, 0.05) is 29.2 Å². The van der Waals surface area contributed by atoms with Crippen LogP contribution in [-0.4, -0.2) is 5.11 Å². The van der Waals surface area contributed by atoms with E-state index in [1.165, 1.54) is 10.9 Å². The van der Waals surface area contributed by atoms with E-state index >= 15 is 0 Å². The van der Waals surface area contributed by atoms with Crippen LogP contribution in [0.1, 0.15) is 11.3 Å². The first-order valence-electron chi connectivity index (χ1n) is 8.00. The standard InChI is InChI=1S/C22H17NO/c1-23-18(12-10-17-7-3-5-9-21(17)23)13-14-20-19-8-4-2-6-16(19)11-15-22(20)24/h2-15H,1H3/p+1. The summed E-state index contributed by atoms with van der Waals surface area (Å²) in [7, 11) is 2.06. The largest absolute Gasteiger partial charge is 0.507 e. The van der Waals surface area contributed by atoms with E-state index in [0.29, 0.717) is 5.75 Å². The van der Waals surface area contributed by atoms with Gasteiger partial charge in [0.2, 0.25) is 11.2 Å². The van der Waals surface area contributed by atoms with Crippen LogP contribution in [0, 0.1) is 0 Å². The molecule has 0 atom stereocenters. The van der Waals surface area contributed by atoms with Crippen molar-refractivity contribution < 1.29 is 9.67 Å². The van der Waals surface area contributed by atoms with Crippen LogP contribution in [0.25, 0.3) is 33.8 Å². The molecule has 0 fully saturated rings. The quantitative estimate of drug-likeness (QED) is 0.533. The highest BCUT2D eigenvalue weighted by atomic mass is 16.3. The highest BCUT2D eigenvalue weighted by Crippen LogP contribution is 2.28. The van der Waals surface area contributed by atoms with Crippen molar-refractivity contribution in [3.05, 3.63) is 84.1 Å². The molecule has 0 aliphatic carbocycles. The van der Waals surface area contributed by atoms with Gasteiger partial charge < -0.3 is 5.11 Å². The van der Waals surface area contributed by atoms with Crippen molar-refractivity contribution in [2.45, 2.75) is 0 Å². The Morgan fingerprint density at radius 1 is 0.750 bits per heavy atom. The Hall–Kier alpha value is -3.13. The molecular weight excluding hydrogens is 294 g/mol. The normalized spacial score (nSPS) is 11.5. The molecule has 0 bridgehead atoms. The second-order valence-corrected chi connectivity index (χ2v) is 5.93. The molecule has 1 aromatic heterocycles. The molecule has 3 aromatic carbocycles. The maximum Gasteiger partial charge on any atom is 0.212 e. The van der Waals surface area contributed by atoms with E-state index < -0.39 is 0 Å². The number of benzene rings is 3. The van der Waals surface area contributed by atoms with E-state index in [4.69, 9.17) is 0 Å². The van der Waals surface area contributed by atoms with Crippen LogP contribution in [0.4, 0.5) is 0 Å². The molecule has 1 N–H and O–H groups in total. The summed E-state index contributed by atoms with van der Waals surface area (Å²) in [5, 5.41) is 13.7. The van der Waals surface area contributed by atoms with Gasteiger partial charge in [-0.05, 0) is 35.0 Å². The molecular formula is C22H18NO+. The monoisotopic (exact) mass is 312 g/mol. The molecule has 4 aromatic rings. The van der Waals surface area contributed by atoms with Crippen LogP contribution in [0.3, 0.4) is 0 Å². The molecule has 0 radical (unpaired) electrons. The predicted molar refractivity (Wildman–Crippen MR) is 99.7 cm³/mol. The van der Waals surface area contributed by atoms with Crippen molar-refractivity contribution in [1.29, 1.82) is 0 Å². The second kappa shape index (κ2) is 5.82. The lowest BCUT2D eigenvalue weighted by Gasteiger charge is -2.05. The van der Waals surface area contributed by atoms with Crippen molar-refractivity contribution in [3.63, 3.8) is 0 Å². The van der Waals surface area contributed by atoms with E-state index in [1.54, 1.807) is 6.07 Å². The average Bonchev–Trinajstić information content (AvgIpc) is 2.62. The van der Waals surface area contributed by atoms with Crippen LogP contribution in [-0.2, 0) is 7.05 Å². The molecule has 0 spiro atoms. The summed E-state index contributed by atoms with van der Waals surface area (Å²) in [4.78, 5) is 0. The Bertz CT molecular complexity index is 1080. The smallest absolute Gasteiger partial charge is 0.212 e. The van der Waals surface area contributed by atoms with Gasteiger partial charge in [-0.15, -0.1) is 0 Å². The third-order valence-electron chi connectivity index (χ3n) is 4.49. The highest BCUT2D eigenvalue weighted by Gasteiger charge is 2.09. The Balaban J connectivity index is 1.84. The van der Waals surface area contributed by atoms with E-state index in [9.17, 15) is 5.11 Å². The molecule has 0 aliphatic rings. The fourth-order valence-corrected chi connectivity index (χ4v) is 3.16. The zero-order valence-corrected chi connectivity index (χ0v) is 13.5. The number of aromatic nitrogens is 1. The minimum absolute atomic E-state index is 0.299. The van der Waals surface area contributed by atoms with Gasteiger partial charge in [-0.3, -0.25) is 0 Å². The van der Waals surface area contributed by atoms with E-state index in [1.807, 2.05) is 48.6 Å². The molecule has 24 heavy (non-hydrogen) atoms. The lowest BCUT2D eigenvalue weighted by molar-refractivity contribution is -0.646. The number of hydrogen-bond acceptors (Lipinski definition) is 1. The van der Waals surface area contributed by atoms with Crippen LogP contribution in [0.15, 0.2) is 72.8 Å². The summed E-state index contributed by atoms with van der Waals surface area (Å²) in [5.74, 6) is 0.299. The van der Waals surface area contributed by atoms with Crippen molar-refractivity contribution in [1.82, 2.24) is 0 Å².